The van der Waals surface area contributed by atoms with Gasteiger partial charge in [0.2, 0.25) is 0 Å². The highest BCUT2D eigenvalue weighted by Gasteiger charge is 2.39. The molecule has 0 unspecified atom stereocenters. The molecule has 2 N–H and O–H groups in total. The lowest BCUT2D eigenvalue weighted by Gasteiger charge is -2.37. The smallest absolute Gasteiger partial charge is 0.165 e. The van der Waals surface area contributed by atoms with Gasteiger partial charge in [-0.05, 0) is 46.5 Å². The summed E-state index contributed by atoms with van der Waals surface area (Å²) < 4.78 is 41.1. The van der Waals surface area contributed by atoms with Gasteiger partial charge in [0.15, 0.2) is 23.1 Å². The Labute approximate surface area is 203 Å². The van der Waals surface area contributed by atoms with Gasteiger partial charge >= 0.3 is 0 Å². The summed E-state index contributed by atoms with van der Waals surface area (Å²) in [6.07, 6.45) is 0. The molecule has 4 rings (SSSR count). The fraction of sp³-hybridized carbons (Fsp3) is 0.172. The number of hydrogen-bond acceptors (Lipinski definition) is 4. The van der Waals surface area contributed by atoms with E-state index in [1.54, 1.807) is 12.1 Å². The lowest BCUT2D eigenvalue weighted by atomic mass is 9.65. The fourth-order valence-corrected chi connectivity index (χ4v) is 4.39. The van der Waals surface area contributed by atoms with Crippen molar-refractivity contribution in [2.75, 3.05) is 26.4 Å². The second-order valence-electron chi connectivity index (χ2n) is 7.92. The van der Waals surface area contributed by atoms with Gasteiger partial charge in [0.05, 0.1) is 18.6 Å². The van der Waals surface area contributed by atoms with Crippen LogP contribution in [0.2, 0.25) is 0 Å². The SMILES string of the molecule is OCCOc1ccc(C(c2ccccc2)(c2ccccc2)c2ccc(OCCO)c(F)c2)cc1F. The minimum atomic E-state index is -1.06. The van der Waals surface area contributed by atoms with E-state index in [1.807, 2.05) is 60.7 Å². The Morgan fingerprint density at radius 3 is 1.29 bits per heavy atom. The van der Waals surface area contributed by atoms with Crippen molar-refractivity contribution in [3.05, 3.63) is 131 Å². The Balaban J connectivity index is 2.00. The molecule has 0 spiro atoms. The number of hydrogen-bond donors (Lipinski definition) is 2. The molecule has 0 aliphatic rings. The predicted molar refractivity (Wildman–Crippen MR) is 130 cm³/mol. The molecule has 0 radical (unpaired) electrons. The molecule has 0 bridgehead atoms. The molecule has 6 heteroatoms. The van der Waals surface area contributed by atoms with Gasteiger partial charge in [-0.3, -0.25) is 0 Å². The maximum atomic E-state index is 15.2. The summed E-state index contributed by atoms with van der Waals surface area (Å²) in [6, 6.07) is 28.4. The molecule has 180 valence electrons. The van der Waals surface area contributed by atoms with Crippen molar-refractivity contribution >= 4 is 0 Å². The van der Waals surface area contributed by atoms with E-state index in [2.05, 4.69) is 0 Å². The van der Waals surface area contributed by atoms with E-state index in [9.17, 15) is 0 Å². The summed E-state index contributed by atoms with van der Waals surface area (Å²) in [6.45, 7) is -0.523. The molecule has 4 aromatic rings. The first kappa shape index (κ1) is 24.4. The van der Waals surface area contributed by atoms with E-state index in [-0.39, 0.29) is 37.9 Å². The van der Waals surface area contributed by atoms with Gasteiger partial charge in [0.25, 0.3) is 0 Å². The molecular weight excluding hydrogens is 450 g/mol. The Morgan fingerprint density at radius 2 is 0.943 bits per heavy atom. The van der Waals surface area contributed by atoms with Gasteiger partial charge in [-0.25, -0.2) is 8.78 Å². The normalized spacial score (nSPS) is 11.3. The van der Waals surface area contributed by atoms with Crippen LogP contribution in [-0.2, 0) is 5.41 Å². The third-order valence-electron chi connectivity index (χ3n) is 5.84. The summed E-state index contributed by atoms with van der Waals surface area (Å²) in [5, 5.41) is 18.1. The van der Waals surface area contributed by atoms with Crippen molar-refractivity contribution in [2.24, 2.45) is 0 Å². The first-order valence-corrected chi connectivity index (χ1v) is 11.3. The minimum absolute atomic E-state index is 0.0248. The molecular formula is C29H26F2O4. The largest absolute Gasteiger partial charge is 0.488 e. The van der Waals surface area contributed by atoms with E-state index in [1.165, 1.54) is 24.3 Å². The highest BCUT2D eigenvalue weighted by molar-refractivity contribution is 5.60. The summed E-state index contributed by atoms with van der Waals surface area (Å²) >= 11 is 0. The third kappa shape index (κ3) is 4.90. The molecule has 0 atom stereocenters. The van der Waals surface area contributed by atoms with Crippen molar-refractivity contribution in [3.63, 3.8) is 0 Å². The zero-order valence-corrected chi connectivity index (χ0v) is 19.0. The van der Waals surface area contributed by atoms with Crippen molar-refractivity contribution in [1.82, 2.24) is 0 Å². The quantitative estimate of drug-likeness (QED) is 0.313. The number of ether oxygens (including phenoxy) is 2. The third-order valence-corrected chi connectivity index (χ3v) is 5.84. The topological polar surface area (TPSA) is 58.9 Å². The second-order valence-corrected chi connectivity index (χ2v) is 7.92. The van der Waals surface area contributed by atoms with Gasteiger partial charge in [-0.15, -0.1) is 0 Å². The number of aliphatic hydroxyl groups is 2. The van der Waals surface area contributed by atoms with Crippen LogP contribution >= 0.6 is 0 Å². The average Bonchev–Trinajstić information content (AvgIpc) is 2.89. The Hall–Kier alpha value is -3.74. The molecule has 0 amide bonds. The summed E-state index contributed by atoms with van der Waals surface area (Å²) in [5.41, 5.74) is 1.73. The van der Waals surface area contributed by atoms with E-state index in [0.29, 0.717) is 11.1 Å². The van der Waals surface area contributed by atoms with E-state index < -0.39 is 17.0 Å². The van der Waals surface area contributed by atoms with Gasteiger partial charge in [-0.1, -0.05) is 72.8 Å². The van der Waals surface area contributed by atoms with Crippen LogP contribution in [-0.4, -0.2) is 36.6 Å². The van der Waals surface area contributed by atoms with Crippen molar-refractivity contribution in [1.29, 1.82) is 0 Å². The van der Waals surface area contributed by atoms with Crippen LogP contribution in [0.1, 0.15) is 22.3 Å². The second kappa shape index (κ2) is 11.1. The van der Waals surface area contributed by atoms with E-state index in [4.69, 9.17) is 19.7 Å². The summed E-state index contributed by atoms with van der Waals surface area (Å²) in [7, 11) is 0. The van der Waals surface area contributed by atoms with Crippen LogP contribution in [0.4, 0.5) is 8.78 Å². The Bertz CT molecular complexity index is 1150. The Morgan fingerprint density at radius 1 is 0.543 bits per heavy atom. The van der Waals surface area contributed by atoms with Crippen molar-refractivity contribution in [3.8, 4) is 11.5 Å². The summed E-state index contributed by atoms with van der Waals surface area (Å²) in [5.74, 6) is -1.13. The number of benzene rings is 4. The van der Waals surface area contributed by atoms with Crippen LogP contribution in [0.5, 0.6) is 11.5 Å². The first-order valence-electron chi connectivity index (χ1n) is 11.3. The zero-order valence-electron chi connectivity index (χ0n) is 19.0. The van der Waals surface area contributed by atoms with Crippen molar-refractivity contribution < 1.29 is 28.5 Å². The maximum absolute atomic E-state index is 15.2. The van der Waals surface area contributed by atoms with E-state index in [0.717, 1.165) is 11.1 Å². The van der Waals surface area contributed by atoms with Crippen molar-refractivity contribution in [2.45, 2.75) is 5.41 Å². The first-order chi connectivity index (χ1) is 17.1. The van der Waals surface area contributed by atoms with Crippen LogP contribution < -0.4 is 9.47 Å². The average molecular weight is 477 g/mol. The molecule has 0 aromatic heterocycles. The minimum Gasteiger partial charge on any atom is -0.488 e. The fourth-order valence-electron chi connectivity index (χ4n) is 4.39. The number of halogens is 2. The highest BCUT2D eigenvalue weighted by Crippen LogP contribution is 2.46. The lowest BCUT2D eigenvalue weighted by molar-refractivity contribution is 0.196. The number of rotatable bonds is 10. The molecule has 4 nitrogen and oxygen atoms in total. The molecule has 0 fully saturated rings. The maximum Gasteiger partial charge on any atom is 0.165 e. The molecule has 35 heavy (non-hydrogen) atoms. The standard InChI is InChI=1S/C29H26F2O4/c30-25-19-23(11-13-27(25)34-17-15-32)29(21-7-3-1-4-8-21,22-9-5-2-6-10-22)24-12-14-28(26(31)20-24)35-18-16-33/h1-14,19-20,32-33H,15-18H2. The molecule has 0 aliphatic heterocycles. The monoisotopic (exact) mass is 476 g/mol. The van der Waals surface area contributed by atoms with Gasteiger partial charge in [0.1, 0.15) is 13.2 Å². The predicted octanol–water partition coefficient (Wildman–Crippen LogP) is 5.09. The van der Waals surface area contributed by atoms with Crippen LogP contribution in [0, 0.1) is 11.6 Å². The molecule has 4 aromatic carbocycles. The van der Waals surface area contributed by atoms with Gasteiger partial charge in [-0.2, -0.15) is 0 Å². The van der Waals surface area contributed by atoms with Crippen LogP contribution in [0.25, 0.3) is 0 Å². The zero-order chi connectivity index (χ0) is 24.7. The van der Waals surface area contributed by atoms with E-state index >= 15 is 8.78 Å². The number of aliphatic hydroxyl groups excluding tert-OH is 2. The lowest BCUT2D eigenvalue weighted by Crippen LogP contribution is -2.31. The molecule has 0 aliphatic carbocycles. The van der Waals surface area contributed by atoms with Crippen LogP contribution in [0.3, 0.4) is 0 Å². The molecule has 0 saturated heterocycles. The Kier molecular flexibility index (Phi) is 7.75. The van der Waals surface area contributed by atoms with Gasteiger partial charge in [0, 0.05) is 0 Å². The highest BCUT2D eigenvalue weighted by atomic mass is 19.1. The molecule has 0 saturated carbocycles. The molecule has 0 heterocycles. The van der Waals surface area contributed by atoms with Crippen LogP contribution in [0.15, 0.2) is 97.1 Å². The van der Waals surface area contributed by atoms with Gasteiger partial charge < -0.3 is 19.7 Å². The summed E-state index contributed by atoms with van der Waals surface area (Å²) in [4.78, 5) is 0.